The third-order valence-electron chi connectivity index (χ3n) is 3.05. The van der Waals surface area contributed by atoms with Crippen LogP contribution in [0.2, 0.25) is 0 Å². The van der Waals surface area contributed by atoms with Gasteiger partial charge in [0.25, 0.3) is 5.16 Å². The third kappa shape index (κ3) is 5.45. The Balaban J connectivity index is 2.37. The number of aromatic nitrogens is 3. The zero-order valence-electron chi connectivity index (χ0n) is 14.7. The first-order valence-electron chi connectivity index (χ1n) is 7.60. The number of ether oxygens (including phenoxy) is 1. The average molecular weight is 382 g/mol. The number of nitrogens with one attached hydrogen (secondary N) is 1. The summed E-state index contributed by atoms with van der Waals surface area (Å²) in [5.41, 5.74) is -0.0445. The normalized spacial score (nSPS) is 13.1. The maximum absolute atomic E-state index is 13.2. The van der Waals surface area contributed by atoms with Gasteiger partial charge in [0.1, 0.15) is 23.2 Å². The minimum Gasteiger partial charge on any atom is -0.444 e. The Labute approximate surface area is 150 Å². The molecule has 0 radical (unpaired) electrons. The molecule has 26 heavy (non-hydrogen) atoms. The first-order chi connectivity index (χ1) is 12.0. The van der Waals surface area contributed by atoms with E-state index in [9.17, 15) is 17.6 Å². The van der Waals surface area contributed by atoms with Crippen LogP contribution in [0, 0.1) is 5.82 Å². The van der Waals surface area contributed by atoms with Crippen LogP contribution < -0.4 is 5.32 Å². The van der Waals surface area contributed by atoms with Gasteiger partial charge in [-0.2, -0.15) is 0 Å². The first kappa shape index (κ1) is 19.7. The van der Waals surface area contributed by atoms with Crippen LogP contribution in [0.25, 0.3) is 0 Å². The lowest BCUT2D eigenvalue weighted by molar-refractivity contribution is 0.0511. The topological polar surface area (TPSA) is 111 Å². The molecule has 1 unspecified atom stereocenters. The summed E-state index contributed by atoms with van der Waals surface area (Å²) in [6, 6.07) is 4.53. The molecule has 1 N–H and O–H groups in total. The van der Waals surface area contributed by atoms with Crippen LogP contribution in [-0.2, 0) is 14.6 Å². The van der Waals surface area contributed by atoms with Crippen LogP contribution >= 0.6 is 0 Å². The van der Waals surface area contributed by atoms with Crippen molar-refractivity contribution in [2.45, 2.75) is 37.6 Å². The minimum atomic E-state index is -3.61. The van der Waals surface area contributed by atoms with Gasteiger partial charge in [-0.05, 0) is 38.5 Å². The number of rotatable bonds is 4. The molecule has 1 aromatic carbocycles. The lowest BCUT2D eigenvalue weighted by atomic mass is 10.0. The molecule has 0 saturated carbocycles. The first-order valence-corrected chi connectivity index (χ1v) is 9.49. The van der Waals surface area contributed by atoms with Gasteiger partial charge in [0.15, 0.2) is 0 Å². The molecular formula is C16H19FN4O4S. The van der Waals surface area contributed by atoms with Gasteiger partial charge in [0, 0.05) is 6.26 Å². The van der Waals surface area contributed by atoms with Gasteiger partial charge in [-0.1, -0.05) is 12.1 Å². The van der Waals surface area contributed by atoms with Crippen LogP contribution in [0.4, 0.5) is 9.18 Å². The van der Waals surface area contributed by atoms with E-state index in [1.807, 2.05) is 0 Å². The van der Waals surface area contributed by atoms with E-state index in [4.69, 9.17) is 4.74 Å². The lowest BCUT2D eigenvalue weighted by Gasteiger charge is -2.23. The van der Waals surface area contributed by atoms with Crippen molar-refractivity contribution in [2.24, 2.45) is 0 Å². The van der Waals surface area contributed by atoms with Crippen molar-refractivity contribution in [1.82, 2.24) is 20.5 Å². The molecule has 140 valence electrons. The zero-order valence-corrected chi connectivity index (χ0v) is 15.5. The second kappa shape index (κ2) is 7.32. The van der Waals surface area contributed by atoms with E-state index in [0.29, 0.717) is 5.56 Å². The highest BCUT2D eigenvalue weighted by atomic mass is 32.2. The molecule has 0 fully saturated rings. The largest absolute Gasteiger partial charge is 0.444 e. The Morgan fingerprint density at radius 3 is 2.27 bits per heavy atom. The van der Waals surface area contributed by atoms with E-state index in [-0.39, 0.29) is 5.69 Å². The number of hydrogen-bond acceptors (Lipinski definition) is 7. The summed E-state index contributed by atoms with van der Waals surface area (Å²) in [6.07, 6.45) is 1.43. The highest BCUT2D eigenvalue weighted by Gasteiger charge is 2.24. The van der Waals surface area contributed by atoms with Crippen LogP contribution in [0.3, 0.4) is 0 Å². The van der Waals surface area contributed by atoms with Crippen LogP contribution in [0.1, 0.15) is 38.1 Å². The number of carbonyl (C=O) groups is 1. The van der Waals surface area contributed by atoms with Gasteiger partial charge in [0.05, 0.1) is 6.20 Å². The molecule has 2 aromatic rings. The standard InChI is InChI=1S/C16H19FN4O4S/c1-16(2,3)25-15(22)19-13(10-5-7-11(17)8-6-10)12-9-18-14(21-20-12)26(4,23)24/h5-9,13H,1-4H3,(H,19,22). The van der Waals surface area contributed by atoms with Crippen molar-refractivity contribution in [3.8, 4) is 0 Å². The SMILES string of the molecule is CC(C)(C)OC(=O)NC(c1ccc(F)cc1)c1cnc(S(C)(=O)=O)nn1. The number of amides is 1. The predicted octanol–water partition coefficient (Wildman–Crippen LogP) is 2.03. The Bertz CT molecular complexity index is 878. The van der Waals surface area contributed by atoms with Gasteiger partial charge in [-0.3, -0.25) is 0 Å². The van der Waals surface area contributed by atoms with Gasteiger partial charge >= 0.3 is 6.09 Å². The van der Waals surface area contributed by atoms with E-state index in [0.717, 1.165) is 6.26 Å². The molecule has 1 aromatic heterocycles. The zero-order chi connectivity index (χ0) is 19.5. The van der Waals surface area contributed by atoms with E-state index < -0.39 is 38.5 Å². The summed E-state index contributed by atoms with van der Waals surface area (Å²) in [7, 11) is -3.61. The highest BCUT2D eigenvalue weighted by Crippen LogP contribution is 2.21. The summed E-state index contributed by atoms with van der Waals surface area (Å²) < 4.78 is 41.3. The minimum absolute atomic E-state index is 0.176. The summed E-state index contributed by atoms with van der Waals surface area (Å²) in [5, 5.41) is 9.59. The smallest absolute Gasteiger partial charge is 0.408 e. The quantitative estimate of drug-likeness (QED) is 0.861. The van der Waals surface area contributed by atoms with E-state index in [1.54, 1.807) is 20.8 Å². The molecule has 0 aliphatic rings. The lowest BCUT2D eigenvalue weighted by Crippen LogP contribution is -2.36. The Morgan fingerprint density at radius 2 is 1.81 bits per heavy atom. The van der Waals surface area contributed by atoms with Crippen molar-refractivity contribution < 1.29 is 22.3 Å². The maximum atomic E-state index is 13.2. The molecule has 0 aliphatic heterocycles. The molecule has 0 bridgehead atoms. The van der Waals surface area contributed by atoms with Gasteiger partial charge < -0.3 is 10.1 Å². The van der Waals surface area contributed by atoms with Crippen molar-refractivity contribution in [2.75, 3.05) is 6.26 Å². The maximum Gasteiger partial charge on any atom is 0.408 e. The molecule has 1 amide bonds. The summed E-state index contributed by atoms with van der Waals surface area (Å²) in [6.45, 7) is 5.13. The van der Waals surface area contributed by atoms with Gasteiger partial charge in [0.2, 0.25) is 9.84 Å². The van der Waals surface area contributed by atoms with E-state index in [1.165, 1.54) is 30.5 Å². The second-order valence-electron chi connectivity index (χ2n) is 6.57. The Kier molecular flexibility index (Phi) is 5.55. The third-order valence-corrected chi connectivity index (χ3v) is 3.90. The summed E-state index contributed by atoms with van der Waals surface area (Å²) in [5.74, 6) is -0.443. The number of nitrogens with zero attached hydrogens (tertiary/aromatic N) is 3. The number of sulfone groups is 1. The monoisotopic (exact) mass is 382 g/mol. The molecule has 0 spiro atoms. The van der Waals surface area contributed by atoms with Gasteiger partial charge in [-0.15, -0.1) is 10.2 Å². The number of hydrogen-bond donors (Lipinski definition) is 1. The van der Waals surface area contributed by atoms with Crippen LogP contribution in [0.15, 0.2) is 35.6 Å². The van der Waals surface area contributed by atoms with E-state index >= 15 is 0 Å². The fraction of sp³-hybridized carbons (Fsp3) is 0.375. The summed E-state index contributed by atoms with van der Waals surface area (Å²) >= 11 is 0. The highest BCUT2D eigenvalue weighted by molar-refractivity contribution is 7.90. The second-order valence-corrected chi connectivity index (χ2v) is 8.48. The van der Waals surface area contributed by atoms with Gasteiger partial charge in [-0.25, -0.2) is 22.6 Å². The van der Waals surface area contributed by atoms with Crippen molar-refractivity contribution in [3.05, 3.63) is 47.5 Å². The molecule has 0 saturated heterocycles. The van der Waals surface area contributed by atoms with Crippen LogP contribution in [0.5, 0.6) is 0 Å². The molecule has 0 aliphatic carbocycles. The molecule has 1 atom stereocenters. The summed E-state index contributed by atoms with van der Waals surface area (Å²) in [4.78, 5) is 15.9. The molecule has 2 rings (SSSR count). The molecule has 10 heteroatoms. The van der Waals surface area contributed by atoms with Crippen molar-refractivity contribution >= 4 is 15.9 Å². The van der Waals surface area contributed by atoms with Crippen molar-refractivity contribution in [3.63, 3.8) is 0 Å². The fourth-order valence-corrected chi connectivity index (χ4v) is 2.42. The number of carbonyl (C=O) groups excluding carboxylic acids is 1. The number of benzene rings is 1. The molecule has 8 nitrogen and oxygen atoms in total. The molecule has 1 heterocycles. The Hall–Kier alpha value is -2.62. The van der Waals surface area contributed by atoms with E-state index in [2.05, 4.69) is 20.5 Å². The Morgan fingerprint density at radius 1 is 1.19 bits per heavy atom. The fourth-order valence-electron chi connectivity index (χ4n) is 1.98. The van der Waals surface area contributed by atoms with Crippen LogP contribution in [-0.4, -0.2) is 41.5 Å². The number of halogens is 1. The number of alkyl carbamates (subject to hydrolysis) is 1. The van der Waals surface area contributed by atoms with Crippen molar-refractivity contribution in [1.29, 1.82) is 0 Å². The predicted molar refractivity (Wildman–Crippen MR) is 90.5 cm³/mol. The average Bonchev–Trinajstić information content (AvgIpc) is 2.51. The molecular weight excluding hydrogens is 363 g/mol.